The second-order valence-electron chi connectivity index (χ2n) is 5.84. The number of rotatable bonds is 3. The van der Waals surface area contributed by atoms with E-state index in [0.29, 0.717) is 17.9 Å². The minimum atomic E-state index is 0.183. The van der Waals surface area contributed by atoms with E-state index >= 15 is 0 Å². The molecular weight excluding hydrogens is 222 g/mol. The highest BCUT2D eigenvalue weighted by atomic mass is 16.5. The zero-order valence-electron chi connectivity index (χ0n) is 11.9. The Hall–Kier alpha value is -0.860. The third-order valence-corrected chi connectivity index (χ3v) is 4.41. The van der Waals surface area contributed by atoms with E-state index in [1.54, 1.807) is 0 Å². The Labute approximate surface area is 111 Å². The van der Waals surface area contributed by atoms with Gasteiger partial charge in [0, 0.05) is 12.0 Å². The molecular formula is C16H25NO. The molecule has 2 rings (SSSR count). The van der Waals surface area contributed by atoms with E-state index in [1.807, 2.05) is 0 Å². The fraction of sp³-hybridized carbons (Fsp3) is 0.625. The largest absolute Gasteiger partial charge is 0.375 e. The second-order valence-corrected chi connectivity index (χ2v) is 5.84. The quantitative estimate of drug-likeness (QED) is 0.891. The molecule has 0 saturated carbocycles. The molecule has 0 aliphatic carbocycles. The predicted molar refractivity (Wildman–Crippen MR) is 75.5 cm³/mol. The molecule has 5 unspecified atom stereocenters. The van der Waals surface area contributed by atoms with Crippen molar-refractivity contribution in [2.45, 2.75) is 52.4 Å². The number of nitrogens with two attached hydrogens (primary N) is 1. The van der Waals surface area contributed by atoms with Crippen molar-refractivity contribution in [3.8, 4) is 0 Å². The first-order chi connectivity index (χ1) is 8.49. The third kappa shape index (κ3) is 2.76. The normalized spacial score (nSPS) is 33.6. The molecule has 0 radical (unpaired) electrons. The summed E-state index contributed by atoms with van der Waals surface area (Å²) in [6, 6.07) is 8.86. The van der Waals surface area contributed by atoms with Crippen LogP contribution in [0.2, 0.25) is 0 Å². The zero-order chi connectivity index (χ0) is 13.3. The van der Waals surface area contributed by atoms with E-state index in [0.717, 1.165) is 6.42 Å². The molecule has 0 spiro atoms. The summed E-state index contributed by atoms with van der Waals surface area (Å²) < 4.78 is 5.88. The van der Waals surface area contributed by atoms with Crippen molar-refractivity contribution in [1.29, 1.82) is 0 Å². The SMILES string of the molecule is Cc1ccc(CC(N)C2C(C)OC(C)C2C)cc1. The van der Waals surface area contributed by atoms with Crippen molar-refractivity contribution >= 4 is 0 Å². The van der Waals surface area contributed by atoms with Gasteiger partial charge < -0.3 is 10.5 Å². The van der Waals surface area contributed by atoms with Gasteiger partial charge in [0.25, 0.3) is 0 Å². The molecule has 1 heterocycles. The van der Waals surface area contributed by atoms with Crippen molar-refractivity contribution in [1.82, 2.24) is 0 Å². The van der Waals surface area contributed by atoms with Crippen LogP contribution in [0, 0.1) is 18.8 Å². The lowest BCUT2D eigenvalue weighted by Crippen LogP contribution is -2.39. The second kappa shape index (κ2) is 5.41. The molecule has 1 aromatic carbocycles. The molecule has 18 heavy (non-hydrogen) atoms. The monoisotopic (exact) mass is 247 g/mol. The highest BCUT2D eigenvalue weighted by molar-refractivity contribution is 5.22. The lowest BCUT2D eigenvalue weighted by atomic mass is 9.81. The Morgan fingerprint density at radius 3 is 2.22 bits per heavy atom. The van der Waals surface area contributed by atoms with E-state index in [2.05, 4.69) is 52.0 Å². The molecule has 1 aromatic rings. The first kappa shape index (κ1) is 13.6. The first-order valence-electron chi connectivity index (χ1n) is 6.95. The molecule has 0 bridgehead atoms. The summed E-state index contributed by atoms with van der Waals surface area (Å²) in [5, 5.41) is 0. The summed E-state index contributed by atoms with van der Waals surface area (Å²) in [6.45, 7) is 8.67. The maximum absolute atomic E-state index is 6.41. The average molecular weight is 247 g/mol. The van der Waals surface area contributed by atoms with E-state index < -0.39 is 0 Å². The molecule has 5 atom stereocenters. The van der Waals surface area contributed by atoms with Gasteiger partial charge in [-0.25, -0.2) is 0 Å². The standard InChI is InChI=1S/C16H25NO/c1-10-5-7-14(8-6-10)9-15(17)16-11(2)12(3)18-13(16)4/h5-8,11-13,15-16H,9,17H2,1-4H3. The van der Waals surface area contributed by atoms with Crippen LogP contribution >= 0.6 is 0 Å². The molecule has 1 fully saturated rings. The van der Waals surface area contributed by atoms with E-state index in [1.165, 1.54) is 11.1 Å². The summed E-state index contributed by atoms with van der Waals surface area (Å²) in [7, 11) is 0. The lowest BCUT2D eigenvalue weighted by molar-refractivity contribution is 0.0490. The Bertz CT molecular complexity index is 387. The fourth-order valence-corrected chi connectivity index (χ4v) is 3.16. The van der Waals surface area contributed by atoms with Crippen molar-refractivity contribution in [2.24, 2.45) is 17.6 Å². The maximum Gasteiger partial charge on any atom is 0.0597 e. The van der Waals surface area contributed by atoms with Crippen LogP contribution in [0.25, 0.3) is 0 Å². The Morgan fingerprint density at radius 2 is 1.72 bits per heavy atom. The molecule has 0 amide bonds. The number of benzene rings is 1. The Morgan fingerprint density at radius 1 is 1.11 bits per heavy atom. The smallest absolute Gasteiger partial charge is 0.0597 e. The van der Waals surface area contributed by atoms with Crippen molar-refractivity contribution in [3.05, 3.63) is 35.4 Å². The summed E-state index contributed by atoms with van der Waals surface area (Å²) in [5.74, 6) is 1.00. The van der Waals surface area contributed by atoms with E-state index in [4.69, 9.17) is 10.5 Å². The highest BCUT2D eigenvalue weighted by Gasteiger charge is 2.40. The number of aryl methyl sites for hydroxylation is 1. The summed E-state index contributed by atoms with van der Waals surface area (Å²) in [4.78, 5) is 0. The molecule has 2 nitrogen and oxygen atoms in total. The molecule has 0 aromatic heterocycles. The van der Waals surface area contributed by atoms with Gasteiger partial charge in [-0.2, -0.15) is 0 Å². The minimum absolute atomic E-state index is 0.183. The van der Waals surface area contributed by atoms with Gasteiger partial charge >= 0.3 is 0 Å². The summed E-state index contributed by atoms with van der Waals surface area (Å²) >= 11 is 0. The highest BCUT2D eigenvalue weighted by Crippen LogP contribution is 2.34. The van der Waals surface area contributed by atoms with Crippen molar-refractivity contribution in [3.63, 3.8) is 0 Å². The Kier molecular flexibility index (Phi) is 4.08. The van der Waals surface area contributed by atoms with Gasteiger partial charge in [0.1, 0.15) is 0 Å². The first-order valence-corrected chi connectivity index (χ1v) is 6.95. The molecule has 2 N–H and O–H groups in total. The van der Waals surface area contributed by atoms with Crippen molar-refractivity contribution < 1.29 is 4.74 Å². The predicted octanol–water partition coefficient (Wildman–Crippen LogP) is 2.92. The molecule has 1 aliphatic rings. The summed E-state index contributed by atoms with van der Waals surface area (Å²) in [5.41, 5.74) is 9.04. The van der Waals surface area contributed by atoms with Gasteiger partial charge in [0.2, 0.25) is 0 Å². The van der Waals surface area contributed by atoms with Crippen molar-refractivity contribution in [2.75, 3.05) is 0 Å². The van der Waals surface area contributed by atoms with Gasteiger partial charge in [-0.15, -0.1) is 0 Å². The van der Waals surface area contributed by atoms with Crippen LogP contribution in [0.4, 0.5) is 0 Å². The molecule has 2 heteroatoms. The van der Waals surface area contributed by atoms with Gasteiger partial charge in [-0.3, -0.25) is 0 Å². The molecule has 1 aliphatic heterocycles. The maximum atomic E-state index is 6.41. The van der Waals surface area contributed by atoms with E-state index in [-0.39, 0.29) is 12.1 Å². The van der Waals surface area contributed by atoms with Gasteiger partial charge in [-0.05, 0) is 38.7 Å². The van der Waals surface area contributed by atoms with Gasteiger partial charge in [0.05, 0.1) is 12.2 Å². The van der Waals surface area contributed by atoms with Gasteiger partial charge in [0.15, 0.2) is 0 Å². The van der Waals surface area contributed by atoms with Crippen LogP contribution in [0.1, 0.15) is 31.9 Å². The molecule has 100 valence electrons. The van der Waals surface area contributed by atoms with Crippen LogP contribution in [-0.2, 0) is 11.2 Å². The van der Waals surface area contributed by atoms with Gasteiger partial charge in [-0.1, -0.05) is 36.8 Å². The zero-order valence-corrected chi connectivity index (χ0v) is 11.9. The number of hydrogen-bond acceptors (Lipinski definition) is 2. The Balaban J connectivity index is 2.03. The lowest BCUT2D eigenvalue weighted by Gasteiger charge is -2.25. The molecule has 1 saturated heterocycles. The number of ether oxygens (including phenoxy) is 1. The topological polar surface area (TPSA) is 35.2 Å². The fourth-order valence-electron chi connectivity index (χ4n) is 3.16. The van der Waals surface area contributed by atoms with E-state index in [9.17, 15) is 0 Å². The van der Waals surface area contributed by atoms with Crippen LogP contribution in [0.5, 0.6) is 0 Å². The minimum Gasteiger partial charge on any atom is -0.375 e. The van der Waals surface area contributed by atoms with Crippen LogP contribution < -0.4 is 5.73 Å². The van der Waals surface area contributed by atoms with Crippen LogP contribution in [0.15, 0.2) is 24.3 Å². The summed E-state index contributed by atoms with van der Waals surface area (Å²) in [6.07, 6.45) is 1.54. The van der Waals surface area contributed by atoms with Crippen LogP contribution in [-0.4, -0.2) is 18.2 Å². The average Bonchev–Trinajstić information content (AvgIpc) is 2.56. The van der Waals surface area contributed by atoms with Crippen LogP contribution in [0.3, 0.4) is 0 Å². The third-order valence-electron chi connectivity index (χ3n) is 4.41. The number of hydrogen-bond donors (Lipinski definition) is 1.